The standard InChI is InChI=1S/C15H23N3OS/c1-5-19-15(4)10-14(2,3)17-13(20)18(15)12-8-6-11(16)7-9-12/h6-9H,5,10,16H2,1-4H3,(H,17,20). The van der Waals surface area contributed by atoms with Gasteiger partial charge in [0.05, 0.1) is 0 Å². The average Bonchev–Trinajstić information content (AvgIpc) is 2.29. The number of benzene rings is 1. The van der Waals surface area contributed by atoms with E-state index in [4.69, 9.17) is 22.7 Å². The molecular formula is C15H23N3OS. The maximum absolute atomic E-state index is 6.04. The van der Waals surface area contributed by atoms with Gasteiger partial charge in [0.25, 0.3) is 0 Å². The van der Waals surface area contributed by atoms with Gasteiger partial charge < -0.3 is 15.8 Å². The first-order valence-corrected chi connectivity index (χ1v) is 7.30. The first-order chi connectivity index (χ1) is 9.27. The second-order valence-corrected chi connectivity index (χ2v) is 6.41. The first-order valence-electron chi connectivity index (χ1n) is 6.89. The van der Waals surface area contributed by atoms with Gasteiger partial charge in [-0.1, -0.05) is 0 Å². The van der Waals surface area contributed by atoms with E-state index >= 15 is 0 Å². The lowest BCUT2D eigenvalue weighted by molar-refractivity contribution is -0.0440. The van der Waals surface area contributed by atoms with Crippen molar-refractivity contribution in [1.29, 1.82) is 0 Å². The Morgan fingerprint density at radius 2 is 1.90 bits per heavy atom. The molecule has 1 aromatic rings. The fourth-order valence-electron chi connectivity index (χ4n) is 2.94. The number of nitrogens with two attached hydrogens (primary N) is 1. The van der Waals surface area contributed by atoms with Gasteiger partial charge in [0.1, 0.15) is 5.72 Å². The molecule has 1 unspecified atom stereocenters. The number of nitrogen functional groups attached to an aromatic ring is 1. The summed E-state index contributed by atoms with van der Waals surface area (Å²) in [5, 5.41) is 4.06. The number of anilines is 2. The van der Waals surface area contributed by atoms with Crippen molar-refractivity contribution in [2.45, 2.75) is 45.4 Å². The van der Waals surface area contributed by atoms with Gasteiger partial charge >= 0.3 is 0 Å². The molecule has 20 heavy (non-hydrogen) atoms. The molecule has 4 nitrogen and oxygen atoms in total. The van der Waals surface area contributed by atoms with Crippen LogP contribution >= 0.6 is 12.2 Å². The minimum absolute atomic E-state index is 0.0920. The van der Waals surface area contributed by atoms with Crippen molar-refractivity contribution in [3.8, 4) is 0 Å². The van der Waals surface area contributed by atoms with E-state index in [0.29, 0.717) is 11.7 Å². The number of hydrogen-bond acceptors (Lipinski definition) is 3. The van der Waals surface area contributed by atoms with Crippen molar-refractivity contribution >= 4 is 28.7 Å². The van der Waals surface area contributed by atoms with Gasteiger partial charge in [0, 0.05) is 29.9 Å². The number of hydrogen-bond donors (Lipinski definition) is 2. The Labute approximate surface area is 126 Å². The highest BCUT2D eigenvalue weighted by Gasteiger charge is 2.45. The fourth-order valence-corrected chi connectivity index (χ4v) is 3.52. The van der Waals surface area contributed by atoms with Crippen LogP contribution in [0.2, 0.25) is 0 Å². The van der Waals surface area contributed by atoms with Gasteiger partial charge in [-0.3, -0.25) is 4.90 Å². The minimum atomic E-state index is -0.462. The molecule has 0 aromatic heterocycles. The summed E-state index contributed by atoms with van der Waals surface area (Å²) in [6.45, 7) is 9.00. The molecule has 2 rings (SSSR count). The molecule has 0 bridgehead atoms. The van der Waals surface area contributed by atoms with Gasteiger partial charge in [0.2, 0.25) is 0 Å². The predicted octanol–water partition coefficient (Wildman–Crippen LogP) is 2.88. The Morgan fingerprint density at radius 1 is 1.30 bits per heavy atom. The second kappa shape index (κ2) is 5.22. The van der Waals surface area contributed by atoms with Crippen molar-refractivity contribution in [3.05, 3.63) is 24.3 Å². The van der Waals surface area contributed by atoms with E-state index in [9.17, 15) is 0 Å². The highest BCUT2D eigenvalue weighted by Crippen LogP contribution is 2.36. The molecule has 1 saturated heterocycles. The normalized spacial score (nSPS) is 25.4. The lowest BCUT2D eigenvalue weighted by Gasteiger charge is -2.51. The molecule has 0 saturated carbocycles. The topological polar surface area (TPSA) is 50.5 Å². The number of ether oxygens (including phenoxy) is 1. The highest BCUT2D eigenvalue weighted by atomic mass is 32.1. The predicted molar refractivity (Wildman–Crippen MR) is 87.8 cm³/mol. The van der Waals surface area contributed by atoms with Crippen LogP contribution in [0.3, 0.4) is 0 Å². The summed E-state index contributed by atoms with van der Waals surface area (Å²) in [4.78, 5) is 2.04. The van der Waals surface area contributed by atoms with Crippen molar-refractivity contribution in [2.24, 2.45) is 0 Å². The Hall–Kier alpha value is -1.33. The lowest BCUT2D eigenvalue weighted by Crippen LogP contribution is -2.67. The molecule has 0 spiro atoms. The number of nitrogens with zero attached hydrogens (tertiary/aromatic N) is 1. The zero-order valence-electron chi connectivity index (χ0n) is 12.6. The molecule has 1 aliphatic heterocycles. The van der Waals surface area contributed by atoms with Crippen LogP contribution in [-0.2, 0) is 4.74 Å². The van der Waals surface area contributed by atoms with Crippen molar-refractivity contribution in [3.63, 3.8) is 0 Å². The molecular weight excluding hydrogens is 270 g/mol. The third kappa shape index (κ3) is 2.88. The van der Waals surface area contributed by atoms with E-state index in [1.807, 2.05) is 36.1 Å². The summed E-state index contributed by atoms with van der Waals surface area (Å²) in [6, 6.07) is 7.70. The third-order valence-electron chi connectivity index (χ3n) is 3.50. The van der Waals surface area contributed by atoms with Gasteiger partial charge in [-0.2, -0.15) is 0 Å². The minimum Gasteiger partial charge on any atom is -0.399 e. The molecule has 1 aliphatic rings. The molecule has 5 heteroatoms. The Balaban J connectivity index is 2.42. The van der Waals surface area contributed by atoms with Crippen LogP contribution < -0.4 is 16.0 Å². The average molecular weight is 293 g/mol. The van der Waals surface area contributed by atoms with Gasteiger partial charge in [-0.25, -0.2) is 0 Å². The maximum Gasteiger partial charge on any atom is 0.176 e. The molecule has 0 radical (unpaired) electrons. The van der Waals surface area contributed by atoms with E-state index in [1.54, 1.807) is 0 Å². The van der Waals surface area contributed by atoms with Crippen LogP contribution in [0.15, 0.2) is 24.3 Å². The van der Waals surface area contributed by atoms with Crippen LogP contribution in [0, 0.1) is 0 Å². The summed E-state index contributed by atoms with van der Waals surface area (Å²) in [5.74, 6) is 0. The van der Waals surface area contributed by atoms with Gasteiger partial charge in [0.15, 0.2) is 5.11 Å². The summed E-state index contributed by atoms with van der Waals surface area (Å²) in [5.41, 5.74) is 6.94. The zero-order valence-corrected chi connectivity index (χ0v) is 13.4. The quantitative estimate of drug-likeness (QED) is 0.663. The second-order valence-electron chi connectivity index (χ2n) is 6.03. The Bertz CT molecular complexity index is 500. The maximum atomic E-state index is 6.04. The van der Waals surface area contributed by atoms with Crippen LogP contribution in [0.5, 0.6) is 0 Å². The number of rotatable bonds is 3. The third-order valence-corrected chi connectivity index (χ3v) is 3.78. The Morgan fingerprint density at radius 3 is 2.45 bits per heavy atom. The molecule has 1 fully saturated rings. The molecule has 3 N–H and O–H groups in total. The number of nitrogens with one attached hydrogen (secondary N) is 1. The van der Waals surface area contributed by atoms with Crippen molar-refractivity contribution < 1.29 is 4.74 Å². The SMILES string of the molecule is CCOC1(C)CC(C)(C)NC(=S)N1c1ccc(N)cc1. The summed E-state index contributed by atoms with van der Waals surface area (Å²) < 4.78 is 6.04. The van der Waals surface area contributed by atoms with Crippen LogP contribution in [0.25, 0.3) is 0 Å². The summed E-state index contributed by atoms with van der Waals surface area (Å²) in [6.07, 6.45) is 0.832. The zero-order chi connectivity index (χ0) is 15.0. The molecule has 1 atom stereocenters. The largest absolute Gasteiger partial charge is 0.399 e. The van der Waals surface area contributed by atoms with E-state index in [0.717, 1.165) is 17.8 Å². The first kappa shape index (κ1) is 15.1. The van der Waals surface area contributed by atoms with Crippen molar-refractivity contribution in [2.75, 3.05) is 17.2 Å². The summed E-state index contributed by atoms with van der Waals surface area (Å²) in [7, 11) is 0. The van der Waals surface area contributed by atoms with E-state index in [2.05, 4.69) is 26.1 Å². The molecule has 1 aromatic carbocycles. The molecule has 0 aliphatic carbocycles. The number of thiocarbonyl (C=S) groups is 1. The van der Waals surface area contributed by atoms with E-state index < -0.39 is 5.72 Å². The summed E-state index contributed by atoms with van der Waals surface area (Å²) >= 11 is 5.56. The molecule has 0 amide bonds. The van der Waals surface area contributed by atoms with E-state index in [1.165, 1.54) is 0 Å². The molecule has 1 heterocycles. The van der Waals surface area contributed by atoms with Crippen molar-refractivity contribution in [1.82, 2.24) is 5.32 Å². The smallest absolute Gasteiger partial charge is 0.176 e. The fraction of sp³-hybridized carbons (Fsp3) is 0.533. The van der Waals surface area contributed by atoms with Crippen LogP contribution in [-0.4, -0.2) is 23.0 Å². The Kier molecular flexibility index (Phi) is 3.93. The van der Waals surface area contributed by atoms with E-state index in [-0.39, 0.29) is 5.54 Å². The van der Waals surface area contributed by atoms with Crippen LogP contribution in [0.1, 0.15) is 34.1 Å². The van der Waals surface area contributed by atoms with Gasteiger partial charge in [-0.15, -0.1) is 0 Å². The highest BCUT2D eigenvalue weighted by molar-refractivity contribution is 7.80. The molecule has 110 valence electrons. The lowest BCUT2D eigenvalue weighted by atomic mass is 9.89. The van der Waals surface area contributed by atoms with Gasteiger partial charge in [-0.05, 0) is 64.2 Å². The van der Waals surface area contributed by atoms with Crippen LogP contribution in [0.4, 0.5) is 11.4 Å². The monoisotopic (exact) mass is 293 g/mol.